The van der Waals surface area contributed by atoms with Crippen LogP contribution in [0.4, 0.5) is 14.5 Å². The maximum atomic E-state index is 12.5. The molecule has 1 amide bonds. The minimum atomic E-state index is -3.20. The first-order chi connectivity index (χ1) is 14.3. The number of nitro benzene ring substituents is 1. The lowest BCUT2D eigenvalue weighted by Crippen LogP contribution is -2.24. The van der Waals surface area contributed by atoms with Crippen LogP contribution in [0.1, 0.15) is 29.0 Å². The lowest BCUT2D eigenvalue weighted by atomic mass is 10.1. The van der Waals surface area contributed by atoms with E-state index in [1.807, 2.05) is 0 Å². The molecule has 10 nitrogen and oxygen atoms in total. The summed E-state index contributed by atoms with van der Waals surface area (Å²) in [5, 5.41) is 13.8. The highest BCUT2D eigenvalue weighted by atomic mass is 19.3. The van der Waals surface area contributed by atoms with E-state index in [-0.39, 0.29) is 36.5 Å². The van der Waals surface area contributed by atoms with Gasteiger partial charge in [-0.2, -0.15) is 8.78 Å². The molecule has 12 heteroatoms. The number of alkyl halides is 2. The fourth-order valence-electron chi connectivity index (χ4n) is 2.38. The van der Waals surface area contributed by atoms with Crippen molar-refractivity contribution < 1.29 is 41.9 Å². The highest BCUT2D eigenvalue weighted by Crippen LogP contribution is 2.36. The number of esters is 1. The van der Waals surface area contributed by atoms with Crippen LogP contribution in [0.2, 0.25) is 0 Å². The van der Waals surface area contributed by atoms with Gasteiger partial charge < -0.3 is 23.9 Å². The molecule has 0 saturated carbocycles. The van der Waals surface area contributed by atoms with Gasteiger partial charge in [-0.3, -0.25) is 19.7 Å². The van der Waals surface area contributed by atoms with Gasteiger partial charge in [-0.1, -0.05) is 0 Å². The number of hydrogen-bond donors (Lipinski definition) is 1. The van der Waals surface area contributed by atoms with E-state index in [0.717, 1.165) is 12.1 Å². The molecule has 0 aliphatic carbocycles. The maximum Gasteiger partial charge on any atom is 0.387 e. The summed E-state index contributed by atoms with van der Waals surface area (Å²) in [6, 6.07) is 4.92. The molecule has 1 aromatic carbocycles. The predicted molar refractivity (Wildman–Crippen MR) is 96.4 cm³/mol. The number of carbonyl (C=O) groups is 2. The van der Waals surface area contributed by atoms with E-state index in [1.54, 1.807) is 6.07 Å². The number of rotatable bonds is 11. The SMILES string of the molecule is COc1cc(COC(=O)CCCNC(=O)c2ccco2)c([N+](=O)[O-])cc1OC(F)F. The van der Waals surface area contributed by atoms with Gasteiger partial charge in [-0.15, -0.1) is 0 Å². The zero-order valence-corrected chi connectivity index (χ0v) is 15.8. The summed E-state index contributed by atoms with van der Waals surface area (Å²) in [6.07, 6.45) is 1.56. The lowest BCUT2D eigenvalue weighted by Gasteiger charge is -2.12. The Morgan fingerprint density at radius 3 is 2.67 bits per heavy atom. The van der Waals surface area contributed by atoms with Crippen molar-refractivity contribution in [2.45, 2.75) is 26.1 Å². The monoisotopic (exact) mass is 428 g/mol. The normalized spacial score (nSPS) is 10.5. The second-order valence-corrected chi connectivity index (χ2v) is 5.76. The van der Waals surface area contributed by atoms with E-state index >= 15 is 0 Å². The summed E-state index contributed by atoms with van der Waals surface area (Å²) < 4.78 is 43.9. The first kappa shape index (κ1) is 22.6. The number of ether oxygens (including phenoxy) is 3. The minimum absolute atomic E-state index is 0.0575. The Hall–Kier alpha value is -3.70. The number of furan rings is 1. The molecule has 0 atom stereocenters. The fraction of sp³-hybridized carbons (Fsp3) is 0.333. The van der Waals surface area contributed by atoms with Crippen LogP contribution >= 0.6 is 0 Å². The van der Waals surface area contributed by atoms with Crippen molar-refractivity contribution in [1.82, 2.24) is 5.32 Å². The molecular weight excluding hydrogens is 410 g/mol. The third-order valence-corrected chi connectivity index (χ3v) is 3.75. The number of benzene rings is 1. The number of methoxy groups -OCH3 is 1. The Bertz CT molecular complexity index is 887. The van der Waals surface area contributed by atoms with Gasteiger partial charge in [0.05, 0.1) is 29.9 Å². The molecule has 0 unspecified atom stereocenters. The molecule has 0 fully saturated rings. The maximum absolute atomic E-state index is 12.5. The van der Waals surface area contributed by atoms with E-state index in [9.17, 15) is 28.5 Å². The van der Waals surface area contributed by atoms with Crippen LogP contribution in [0.3, 0.4) is 0 Å². The standard InChI is InChI=1S/C18H18F2N2O8/c1-27-14-8-11(12(22(25)26)9-15(14)30-18(19)20)10-29-16(23)5-2-6-21-17(24)13-4-3-7-28-13/h3-4,7-9,18H,2,5-6,10H2,1H3,(H,21,24). The van der Waals surface area contributed by atoms with Crippen molar-refractivity contribution in [3.05, 3.63) is 52.0 Å². The molecule has 162 valence electrons. The van der Waals surface area contributed by atoms with Crippen molar-refractivity contribution in [3.63, 3.8) is 0 Å². The second-order valence-electron chi connectivity index (χ2n) is 5.76. The zero-order chi connectivity index (χ0) is 22.1. The van der Waals surface area contributed by atoms with E-state index in [4.69, 9.17) is 13.9 Å². The number of nitro groups is 1. The van der Waals surface area contributed by atoms with Crippen LogP contribution in [0.25, 0.3) is 0 Å². The molecule has 2 rings (SSSR count). The molecule has 0 spiro atoms. The van der Waals surface area contributed by atoms with E-state index in [0.29, 0.717) is 0 Å². The molecule has 30 heavy (non-hydrogen) atoms. The third kappa shape index (κ3) is 6.43. The summed E-state index contributed by atoms with van der Waals surface area (Å²) in [5.41, 5.74) is -0.622. The van der Waals surface area contributed by atoms with E-state index in [2.05, 4.69) is 10.1 Å². The summed E-state index contributed by atoms with van der Waals surface area (Å²) in [6.45, 7) is -3.49. The van der Waals surface area contributed by atoms with Crippen LogP contribution < -0.4 is 14.8 Å². The van der Waals surface area contributed by atoms with Gasteiger partial charge in [-0.25, -0.2) is 0 Å². The van der Waals surface area contributed by atoms with Gasteiger partial charge in [0.1, 0.15) is 6.61 Å². The largest absolute Gasteiger partial charge is 0.493 e. The van der Waals surface area contributed by atoms with Crippen LogP contribution in [0, 0.1) is 10.1 Å². The van der Waals surface area contributed by atoms with Gasteiger partial charge >= 0.3 is 12.6 Å². The fourth-order valence-corrected chi connectivity index (χ4v) is 2.38. The van der Waals surface area contributed by atoms with Crippen molar-refractivity contribution in [1.29, 1.82) is 0 Å². The smallest absolute Gasteiger partial charge is 0.387 e. The highest BCUT2D eigenvalue weighted by Gasteiger charge is 2.22. The Balaban J connectivity index is 1.89. The van der Waals surface area contributed by atoms with E-state index < -0.39 is 41.5 Å². The van der Waals surface area contributed by atoms with Crippen LogP contribution in [0.15, 0.2) is 34.9 Å². The average Bonchev–Trinajstić information content (AvgIpc) is 3.24. The third-order valence-electron chi connectivity index (χ3n) is 3.75. The molecule has 0 aliphatic rings. The first-order valence-electron chi connectivity index (χ1n) is 8.59. The molecule has 1 heterocycles. The van der Waals surface area contributed by atoms with Crippen molar-refractivity contribution in [2.75, 3.05) is 13.7 Å². The molecule has 0 saturated heterocycles. The van der Waals surface area contributed by atoms with Gasteiger partial charge in [0.15, 0.2) is 17.3 Å². The number of nitrogens with one attached hydrogen (secondary N) is 1. The minimum Gasteiger partial charge on any atom is -0.493 e. The number of carbonyl (C=O) groups excluding carboxylic acids is 2. The lowest BCUT2D eigenvalue weighted by molar-refractivity contribution is -0.386. The van der Waals surface area contributed by atoms with Crippen molar-refractivity contribution in [3.8, 4) is 11.5 Å². The average molecular weight is 428 g/mol. The Morgan fingerprint density at radius 1 is 1.30 bits per heavy atom. The second kappa shape index (κ2) is 10.7. The van der Waals surface area contributed by atoms with Crippen molar-refractivity contribution in [2.24, 2.45) is 0 Å². The summed E-state index contributed by atoms with van der Waals surface area (Å²) >= 11 is 0. The van der Waals surface area contributed by atoms with Gasteiger partial charge in [0.25, 0.3) is 11.6 Å². The molecule has 0 bridgehead atoms. The summed E-state index contributed by atoms with van der Waals surface area (Å²) in [4.78, 5) is 33.9. The topological polar surface area (TPSA) is 130 Å². The van der Waals surface area contributed by atoms with Crippen LogP contribution in [-0.2, 0) is 16.1 Å². The van der Waals surface area contributed by atoms with Crippen LogP contribution in [0.5, 0.6) is 11.5 Å². The number of amides is 1. The summed E-state index contributed by atoms with van der Waals surface area (Å²) in [7, 11) is 1.17. The molecular formula is C18H18F2N2O8. The number of hydrogen-bond acceptors (Lipinski definition) is 8. The number of nitrogens with zero attached hydrogens (tertiary/aromatic N) is 1. The molecule has 0 aliphatic heterocycles. The number of halogens is 2. The van der Waals surface area contributed by atoms with E-state index in [1.165, 1.54) is 19.4 Å². The molecule has 1 N–H and O–H groups in total. The van der Waals surface area contributed by atoms with Crippen LogP contribution in [-0.4, -0.2) is 37.1 Å². The molecule has 2 aromatic rings. The quantitative estimate of drug-likeness (QED) is 0.250. The van der Waals surface area contributed by atoms with Gasteiger partial charge in [-0.05, 0) is 24.6 Å². The Labute approximate surface area is 168 Å². The van der Waals surface area contributed by atoms with Gasteiger partial charge in [0.2, 0.25) is 0 Å². The molecule has 1 aromatic heterocycles. The zero-order valence-electron chi connectivity index (χ0n) is 15.8. The van der Waals surface area contributed by atoms with Gasteiger partial charge in [0, 0.05) is 13.0 Å². The molecule has 0 radical (unpaired) electrons. The Morgan fingerprint density at radius 2 is 2.07 bits per heavy atom. The van der Waals surface area contributed by atoms with Crippen molar-refractivity contribution >= 4 is 17.6 Å². The first-order valence-corrected chi connectivity index (χ1v) is 8.59. The summed E-state index contributed by atoms with van der Waals surface area (Å²) in [5.74, 6) is -1.64. The predicted octanol–water partition coefficient (Wildman–Crippen LogP) is 3.05. The Kier molecular flexibility index (Phi) is 8.08. The highest BCUT2D eigenvalue weighted by molar-refractivity contribution is 5.91.